The molecule has 0 spiro atoms. The van der Waals surface area contributed by atoms with Gasteiger partial charge in [-0.15, -0.1) is 0 Å². The Bertz CT molecular complexity index is 845. The van der Waals surface area contributed by atoms with E-state index >= 15 is 0 Å². The maximum Gasteiger partial charge on any atom is 0.340 e. The molecule has 0 saturated heterocycles. The number of carbonyl (C=O) groups excluding carboxylic acids is 2. The van der Waals surface area contributed by atoms with Gasteiger partial charge >= 0.3 is 11.9 Å². The molecule has 1 aliphatic heterocycles. The molecule has 0 aromatic carbocycles. The first-order valence-electron chi connectivity index (χ1n) is 11.1. The minimum atomic E-state index is -1.08. The quantitative estimate of drug-likeness (QED) is 0.627. The van der Waals surface area contributed by atoms with Crippen LogP contribution in [0, 0.1) is 23.2 Å². The van der Waals surface area contributed by atoms with E-state index in [1.807, 2.05) is 19.1 Å². The lowest BCUT2D eigenvalue weighted by Crippen LogP contribution is -2.56. The van der Waals surface area contributed by atoms with Crippen LogP contribution in [0.1, 0.15) is 71.6 Å². The zero-order valence-corrected chi connectivity index (χ0v) is 17.3. The molecule has 0 unspecified atom stereocenters. The van der Waals surface area contributed by atoms with Gasteiger partial charge < -0.3 is 9.84 Å². The maximum atomic E-state index is 13.6. The van der Waals surface area contributed by atoms with Crippen molar-refractivity contribution in [2.24, 2.45) is 23.2 Å². The van der Waals surface area contributed by atoms with Crippen molar-refractivity contribution >= 4 is 17.7 Å². The monoisotopic (exact) mass is 398 g/mol. The van der Waals surface area contributed by atoms with Gasteiger partial charge in [-0.1, -0.05) is 32.8 Å². The molecule has 0 aromatic rings. The number of ketones is 1. The van der Waals surface area contributed by atoms with E-state index in [1.165, 1.54) is 0 Å². The summed E-state index contributed by atoms with van der Waals surface area (Å²) in [5, 5.41) is 10.0. The number of esters is 1. The second-order valence-corrected chi connectivity index (χ2v) is 8.91. The Morgan fingerprint density at radius 1 is 1.28 bits per heavy atom. The molecule has 5 aliphatic rings. The van der Waals surface area contributed by atoms with E-state index in [0.717, 1.165) is 50.5 Å². The lowest BCUT2D eigenvalue weighted by atomic mass is 9.45. The Balaban J connectivity index is 1.86. The van der Waals surface area contributed by atoms with Gasteiger partial charge in [-0.3, -0.25) is 4.79 Å². The number of unbranched alkanes of at least 4 members (excludes halogenated alkanes) is 2. The van der Waals surface area contributed by atoms with E-state index in [9.17, 15) is 19.5 Å². The molecule has 1 N–H and O–H groups in total. The first-order chi connectivity index (χ1) is 14.0. The molecular formula is C24H30O5. The lowest BCUT2D eigenvalue weighted by molar-refractivity contribution is -0.146. The van der Waals surface area contributed by atoms with Crippen LogP contribution in [-0.4, -0.2) is 22.8 Å². The third-order valence-corrected chi connectivity index (χ3v) is 7.43. The third-order valence-electron chi connectivity index (χ3n) is 7.43. The normalized spacial score (nSPS) is 34.0. The molecule has 29 heavy (non-hydrogen) atoms. The highest BCUT2D eigenvalue weighted by molar-refractivity contribution is 6.04. The highest BCUT2D eigenvalue weighted by atomic mass is 16.5. The topological polar surface area (TPSA) is 80.7 Å². The molecule has 5 heteroatoms. The zero-order valence-electron chi connectivity index (χ0n) is 17.3. The number of allylic oxidation sites excluding steroid dienone is 3. The van der Waals surface area contributed by atoms with Crippen LogP contribution in [0.15, 0.2) is 34.6 Å². The van der Waals surface area contributed by atoms with Gasteiger partial charge in [0.2, 0.25) is 0 Å². The van der Waals surface area contributed by atoms with Crippen LogP contribution in [0.2, 0.25) is 0 Å². The summed E-state index contributed by atoms with van der Waals surface area (Å²) in [7, 11) is 0. The number of cyclic esters (lactones) is 1. The van der Waals surface area contributed by atoms with Gasteiger partial charge in [0.1, 0.15) is 11.5 Å². The molecule has 0 aromatic heterocycles. The molecule has 5 rings (SSSR count). The Hall–Kier alpha value is -2.17. The molecule has 1 saturated carbocycles. The van der Waals surface area contributed by atoms with E-state index in [4.69, 9.17) is 4.74 Å². The second-order valence-electron chi connectivity index (χ2n) is 8.91. The fraction of sp³-hybridized carbons (Fsp3) is 0.625. The molecule has 156 valence electrons. The molecule has 0 radical (unpaired) electrons. The van der Waals surface area contributed by atoms with Crippen molar-refractivity contribution < 1.29 is 24.2 Å². The van der Waals surface area contributed by atoms with Crippen LogP contribution in [0.4, 0.5) is 0 Å². The number of carboxylic acid groups (broad SMARTS) is 1. The Labute approximate surface area is 171 Å². The number of hydrogen-bond donors (Lipinski definition) is 1. The van der Waals surface area contributed by atoms with E-state index in [0.29, 0.717) is 24.2 Å². The summed E-state index contributed by atoms with van der Waals surface area (Å²) < 4.78 is 5.64. The third kappa shape index (κ3) is 2.92. The summed E-state index contributed by atoms with van der Waals surface area (Å²) in [6.07, 6.45) is 10.6. The van der Waals surface area contributed by atoms with Crippen LogP contribution < -0.4 is 0 Å². The average molecular weight is 398 g/mol. The molecule has 4 aliphatic carbocycles. The van der Waals surface area contributed by atoms with Gasteiger partial charge in [0, 0.05) is 29.1 Å². The highest BCUT2D eigenvalue weighted by Crippen LogP contribution is 2.64. The Morgan fingerprint density at radius 3 is 2.76 bits per heavy atom. The van der Waals surface area contributed by atoms with Crippen molar-refractivity contribution in [3.8, 4) is 0 Å². The summed E-state index contributed by atoms with van der Waals surface area (Å²) >= 11 is 0. The molecule has 5 nitrogen and oxygen atoms in total. The van der Waals surface area contributed by atoms with Crippen molar-refractivity contribution in [1.82, 2.24) is 0 Å². The number of rotatable bonds is 7. The summed E-state index contributed by atoms with van der Waals surface area (Å²) in [4.78, 5) is 38.7. The minimum absolute atomic E-state index is 0.00584. The number of Topliss-reactive ketones (excluding diaryl/α,β-unsaturated/α-hetero) is 1. The van der Waals surface area contributed by atoms with Crippen molar-refractivity contribution in [3.05, 3.63) is 34.6 Å². The number of carboxylic acids is 1. The molecule has 2 bridgehead atoms. The largest absolute Gasteiger partial charge is 0.478 e. The molecule has 4 atom stereocenters. The smallest absolute Gasteiger partial charge is 0.340 e. The summed E-state index contributed by atoms with van der Waals surface area (Å²) in [6.45, 7) is 4.10. The highest BCUT2D eigenvalue weighted by Gasteiger charge is 2.63. The average Bonchev–Trinajstić information content (AvgIpc) is 3.06. The fourth-order valence-electron chi connectivity index (χ4n) is 6.17. The van der Waals surface area contributed by atoms with Gasteiger partial charge in [-0.25, -0.2) is 9.59 Å². The number of ether oxygens (including phenoxy) is 1. The van der Waals surface area contributed by atoms with Gasteiger partial charge in [0.15, 0.2) is 0 Å². The van der Waals surface area contributed by atoms with E-state index in [-0.39, 0.29) is 35.1 Å². The van der Waals surface area contributed by atoms with E-state index < -0.39 is 11.4 Å². The lowest BCUT2D eigenvalue weighted by Gasteiger charge is -2.55. The second kappa shape index (κ2) is 7.58. The molecule has 1 fully saturated rings. The minimum Gasteiger partial charge on any atom is -0.478 e. The van der Waals surface area contributed by atoms with Crippen molar-refractivity contribution in [3.63, 3.8) is 0 Å². The standard InChI is InChI=1S/C24H30O5/c1-3-5-7-18-16-10-9-15-14-11-12-24(17(13-14)22(26)27,19(25)8-6-4-2)21(15)20(16)23(28)29-18/h7,13-15,21H,3-6,8-12H2,1-2H3,(H,26,27)/b18-7-/t14-,15+,21-,24+/m1/s1. The van der Waals surface area contributed by atoms with Crippen molar-refractivity contribution in [2.75, 3.05) is 0 Å². The number of hydrogen-bond acceptors (Lipinski definition) is 4. The predicted octanol–water partition coefficient (Wildman–Crippen LogP) is 4.73. The first-order valence-corrected chi connectivity index (χ1v) is 11.1. The number of carbonyl (C=O) groups is 3. The van der Waals surface area contributed by atoms with Crippen LogP contribution in [0.3, 0.4) is 0 Å². The number of fused-ring (bicyclic) bond motifs is 1. The SMILES string of the molecule is CCC/C=C1\OC(=O)C2=C1CC[C@H]1[C@H]3C=C(C(=O)O)[C@](C(=O)CCCC)(CC3)[C@@H]21. The van der Waals surface area contributed by atoms with Gasteiger partial charge in [0.05, 0.1) is 5.41 Å². The Morgan fingerprint density at radius 2 is 2.07 bits per heavy atom. The van der Waals surface area contributed by atoms with Crippen molar-refractivity contribution in [2.45, 2.75) is 71.6 Å². The summed E-state index contributed by atoms with van der Waals surface area (Å²) in [5.41, 5.74) is 0.666. The van der Waals surface area contributed by atoms with Gasteiger partial charge in [-0.05, 0) is 56.4 Å². The van der Waals surface area contributed by atoms with E-state index in [2.05, 4.69) is 6.92 Å². The fourth-order valence-corrected chi connectivity index (χ4v) is 6.17. The Kier molecular flexibility index (Phi) is 5.26. The summed E-state index contributed by atoms with van der Waals surface area (Å²) in [5.74, 6) is -0.828. The van der Waals surface area contributed by atoms with Crippen LogP contribution >= 0.6 is 0 Å². The van der Waals surface area contributed by atoms with E-state index in [1.54, 1.807) is 0 Å². The summed E-state index contributed by atoms with van der Waals surface area (Å²) in [6, 6.07) is 0. The predicted molar refractivity (Wildman–Crippen MR) is 108 cm³/mol. The number of aliphatic carboxylic acids is 1. The van der Waals surface area contributed by atoms with Crippen LogP contribution in [0.25, 0.3) is 0 Å². The molecule has 1 heterocycles. The van der Waals surface area contributed by atoms with Gasteiger partial charge in [0.25, 0.3) is 0 Å². The molecular weight excluding hydrogens is 368 g/mol. The van der Waals surface area contributed by atoms with Gasteiger partial charge in [-0.2, -0.15) is 0 Å². The first kappa shape index (κ1) is 20.1. The van der Waals surface area contributed by atoms with Crippen LogP contribution in [0.5, 0.6) is 0 Å². The molecule has 0 amide bonds. The maximum absolute atomic E-state index is 13.6. The zero-order chi connectivity index (χ0) is 20.8. The van der Waals surface area contributed by atoms with Crippen molar-refractivity contribution in [1.29, 1.82) is 0 Å². The van der Waals surface area contributed by atoms with Crippen LogP contribution in [-0.2, 0) is 19.1 Å².